The molecule has 0 aliphatic heterocycles. The van der Waals surface area contributed by atoms with E-state index in [1.54, 1.807) is 43.5 Å². The Balaban J connectivity index is 1.71. The van der Waals surface area contributed by atoms with Crippen LogP contribution < -0.4 is 5.32 Å². The second-order valence-electron chi connectivity index (χ2n) is 6.68. The molecule has 28 heavy (non-hydrogen) atoms. The number of rotatable bonds is 5. The van der Waals surface area contributed by atoms with E-state index in [9.17, 15) is 14.3 Å². The van der Waals surface area contributed by atoms with E-state index in [2.05, 4.69) is 21.7 Å². The van der Waals surface area contributed by atoms with Gasteiger partial charge in [-0.3, -0.25) is 4.79 Å². The number of aliphatic hydroxyl groups is 1. The first-order chi connectivity index (χ1) is 13.3. The molecular formula is C20H18FN5O2. The van der Waals surface area contributed by atoms with Crippen LogP contribution in [-0.2, 0) is 11.3 Å². The zero-order chi connectivity index (χ0) is 20.3. The van der Waals surface area contributed by atoms with Crippen molar-refractivity contribution in [2.45, 2.75) is 26.0 Å². The standard InChI is InChI=1S/C20H18FN5O2/c1-13-9-17(8-5-15(13)10-22)23-19(27)20(2,28)12-26-11-18(24-25-26)14-3-6-16(21)7-4-14/h3-9,11,28H,12H2,1-2H3,(H,23,27)/t20-/m0/s1. The van der Waals surface area contributed by atoms with Gasteiger partial charge in [-0.15, -0.1) is 5.10 Å². The van der Waals surface area contributed by atoms with E-state index in [0.29, 0.717) is 22.5 Å². The molecule has 2 N–H and O–H groups in total. The van der Waals surface area contributed by atoms with E-state index in [-0.39, 0.29) is 12.4 Å². The van der Waals surface area contributed by atoms with Crippen molar-refractivity contribution in [3.63, 3.8) is 0 Å². The molecule has 1 atom stereocenters. The van der Waals surface area contributed by atoms with Crippen LogP contribution in [0.1, 0.15) is 18.1 Å². The maximum Gasteiger partial charge on any atom is 0.257 e. The summed E-state index contributed by atoms with van der Waals surface area (Å²) in [6.07, 6.45) is 1.57. The number of carbonyl (C=O) groups excluding carboxylic acids is 1. The third-order valence-corrected chi connectivity index (χ3v) is 4.24. The number of aromatic nitrogens is 3. The van der Waals surface area contributed by atoms with Gasteiger partial charge >= 0.3 is 0 Å². The van der Waals surface area contributed by atoms with Crippen molar-refractivity contribution in [1.82, 2.24) is 15.0 Å². The fraction of sp³-hybridized carbons (Fsp3) is 0.200. The van der Waals surface area contributed by atoms with Crippen LogP contribution in [0.25, 0.3) is 11.3 Å². The molecule has 0 spiro atoms. The maximum atomic E-state index is 13.0. The number of carbonyl (C=O) groups is 1. The highest BCUT2D eigenvalue weighted by atomic mass is 19.1. The first-order valence-electron chi connectivity index (χ1n) is 8.49. The van der Waals surface area contributed by atoms with Gasteiger partial charge in [-0.25, -0.2) is 9.07 Å². The Morgan fingerprint density at radius 2 is 2.04 bits per heavy atom. The van der Waals surface area contributed by atoms with Crippen LogP contribution in [0.5, 0.6) is 0 Å². The van der Waals surface area contributed by atoms with Gasteiger partial charge < -0.3 is 10.4 Å². The number of hydrogen-bond donors (Lipinski definition) is 2. The summed E-state index contributed by atoms with van der Waals surface area (Å²) >= 11 is 0. The summed E-state index contributed by atoms with van der Waals surface area (Å²) in [7, 11) is 0. The van der Waals surface area contributed by atoms with Gasteiger partial charge in [0.25, 0.3) is 5.91 Å². The van der Waals surface area contributed by atoms with E-state index in [0.717, 1.165) is 5.56 Å². The number of aryl methyl sites for hydroxylation is 1. The van der Waals surface area contributed by atoms with Crippen molar-refractivity contribution in [2.24, 2.45) is 0 Å². The van der Waals surface area contributed by atoms with Crippen molar-refractivity contribution >= 4 is 11.6 Å². The lowest BCUT2D eigenvalue weighted by Crippen LogP contribution is -2.43. The minimum absolute atomic E-state index is 0.123. The summed E-state index contributed by atoms with van der Waals surface area (Å²) in [5, 5.41) is 30.1. The quantitative estimate of drug-likeness (QED) is 0.709. The maximum absolute atomic E-state index is 13.0. The summed E-state index contributed by atoms with van der Waals surface area (Å²) in [6, 6.07) is 12.7. The third kappa shape index (κ3) is 4.22. The average molecular weight is 379 g/mol. The molecule has 0 bridgehead atoms. The van der Waals surface area contributed by atoms with Crippen LogP contribution in [0.2, 0.25) is 0 Å². The zero-order valence-corrected chi connectivity index (χ0v) is 15.3. The van der Waals surface area contributed by atoms with Crippen LogP contribution in [0.4, 0.5) is 10.1 Å². The van der Waals surface area contributed by atoms with Crippen molar-refractivity contribution < 1.29 is 14.3 Å². The van der Waals surface area contributed by atoms with Crippen LogP contribution >= 0.6 is 0 Å². The van der Waals surface area contributed by atoms with E-state index in [1.807, 2.05) is 0 Å². The predicted octanol–water partition coefficient (Wildman–Crippen LogP) is 2.65. The number of nitriles is 1. The van der Waals surface area contributed by atoms with Gasteiger partial charge in [-0.2, -0.15) is 5.26 Å². The molecule has 0 radical (unpaired) electrons. The normalized spacial score (nSPS) is 12.8. The Hall–Kier alpha value is -3.57. The number of benzene rings is 2. The molecule has 0 aliphatic rings. The SMILES string of the molecule is Cc1cc(NC(=O)[C@@](C)(O)Cn2cc(-c3ccc(F)cc3)nn2)ccc1C#N. The fourth-order valence-corrected chi connectivity index (χ4v) is 2.65. The summed E-state index contributed by atoms with van der Waals surface area (Å²) in [5.41, 5.74) is 1.13. The molecule has 0 fully saturated rings. The number of anilines is 1. The Labute approximate surface area is 161 Å². The number of hydrogen-bond acceptors (Lipinski definition) is 5. The number of halogens is 1. The lowest BCUT2D eigenvalue weighted by molar-refractivity contribution is -0.133. The zero-order valence-electron chi connectivity index (χ0n) is 15.3. The molecule has 3 rings (SSSR count). The minimum atomic E-state index is -1.75. The third-order valence-electron chi connectivity index (χ3n) is 4.24. The van der Waals surface area contributed by atoms with E-state index in [1.165, 1.54) is 23.7 Å². The molecular weight excluding hydrogens is 361 g/mol. The van der Waals surface area contributed by atoms with Gasteiger partial charge in [0.05, 0.1) is 24.4 Å². The lowest BCUT2D eigenvalue weighted by Gasteiger charge is -2.22. The number of amides is 1. The Kier molecular flexibility index (Phi) is 5.20. The number of nitrogens with zero attached hydrogens (tertiary/aromatic N) is 4. The van der Waals surface area contributed by atoms with Crippen LogP contribution in [0.3, 0.4) is 0 Å². The molecule has 142 valence electrons. The Morgan fingerprint density at radius 1 is 1.32 bits per heavy atom. The van der Waals surface area contributed by atoms with Crippen LogP contribution in [0, 0.1) is 24.1 Å². The van der Waals surface area contributed by atoms with E-state index in [4.69, 9.17) is 5.26 Å². The van der Waals surface area contributed by atoms with Crippen molar-refractivity contribution in [1.29, 1.82) is 5.26 Å². The molecule has 8 heteroatoms. The number of nitrogens with one attached hydrogen (secondary N) is 1. The first-order valence-corrected chi connectivity index (χ1v) is 8.49. The van der Waals surface area contributed by atoms with Crippen molar-refractivity contribution in [3.8, 4) is 17.3 Å². The van der Waals surface area contributed by atoms with E-state index >= 15 is 0 Å². The lowest BCUT2D eigenvalue weighted by atomic mass is 10.1. The second kappa shape index (κ2) is 7.58. The van der Waals surface area contributed by atoms with E-state index < -0.39 is 11.5 Å². The largest absolute Gasteiger partial charge is 0.378 e. The molecule has 7 nitrogen and oxygen atoms in total. The highest BCUT2D eigenvalue weighted by Gasteiger charge is 2.31. The summed E-state index contributed by atoms with van der Waals surface area (Å²) in [4.78, 5) is 12.5. The molecule has 0 saturated heterocycles. The average Bonchev–Trinajstić information content (AvgIpc) is 3.10. The van der Waals surface area contributed by atoms with Crippen molar-refractivity contribution in [3.05, 3.63) is 65.6 Å². The highest BCUT2D eigenvalue weighted by Crippen LogP contribution is 2.19. The fourth-order valence-electron chi connectivity index (χ4n) is 2.65. The molecule has 3 aromatic rings. The van der Waals surface area contributed by atoms with Gasteiger partial charge in [0.2, 0.25) is 0 Å². The smallest absolute Gasteiger partial charge is 0.257 e. The van der Waals surface area contributed by atoms with Gasteiger partial charge in [0.15, 0.2) is 5.60 Å². The second-order valence-corrected chi connectivity index (χ2v) is 6.68. The molecule has 2 aromatic carbocycles. The highest BCUT2D eigenvalue weighted by molar-refractivity contribution is 5.96. The minimum Gasteiger partial charge on any atom is -0.378 e. The van der Waals surface area contributed by atoms with Gasteiger partial charge in [0, 0.05) is 11.3 Å². The predicted molar refractivity (Wildman–Crippen MR) is 101 cm³/mol. The molecule has 1 amide bonds. The molecule has 0 aliphatic carbocycles. The summed E-state index contributed by atoms with van der Waals surface area (Å²) in [5.74, 6) is -0.968. The summed E-state index contributed by atoms with van der Waals surface area (Å²) in [6.45, 7) is 3.01. The van der Waals surface area contributed by atoms with Crippen LogP contribution in [-0.4, -0.2) is 31.6 Å². The van der Waals surface area contributed by atoms with Gasteiger partial charge in [-0.1, -0.05) is 5.21 Å². The van der Waals surface area contributed by atoms with Gasteiger partial charge in [0.1, 0.15) is 11.5 Å². The van der Waals surface area contributed by atoms with Gasteiger partial charge in [-0.05, 0) is 61.9 Å². The summed E-state index contributed by atoms with van der Waals surface area (Å²) < 4.78 is 14.4. The van der Waals surface area contributed by atoms with Crippen LogP contribution in [0.15, 0.2) is 48.7 Å². The Morgan fingerprint density at radius 3 is 2.68 bits per heavy atom. The topological polar surface area (TPSA) is 104 Å². The molecule has 0 unspecified atom stereocenters. The monoisotopic (exact) mass is 379 g/mol. The molecule has 1 aromatic heterocycles. The van der Waals surface area contributed by atoms with Crippen molar-refractivity contribution in [2.75, 3.05) is 5.32 Å². The molecule has 0 saturated carbocycles. The Bertz CT molecular complexity index is 1050. The first kappa shape index (κ1) is 19.2. The molecule has 1 heterocycles.